The Hall–Kier alpha value is -0.120. The van der Waals surface area contributed by atoms with Gasteiger partial charge in [0, 0.05) is 12.6 Å². The zero-order chi connectivity index (χ0) is 12.1. The molecule has 0 amide bonds. The molecule has 0 aromatic heterocycles. The Kier molecular flexibility index (Phi) is 5.26. The minimum absolute atomic E-state index is 0.741. The van der Waals surface area contributed by atoms with E-state index >= 15 is 0 Å². The summed E-state index contributed by atoms with van der Waals surface area (Å²) in [6, 6.07) is 0.741. The number of hydrogen-bond acceptors (Lipinski definition) is 3. The van der Waals surface area contributed by atoms with E-state index in [9.17, 15) is 0 Å². The maximum atomic E-state index is 3.44. The second-order valence-electron chi connectivity index (χ2n) is 5.86. The molecule has 3 heteroatoms. The molecule has 0 aliphatic carbocycles. The molecular weight excluding hydrogens is 210 g/mol. The summed E-state index contributed by atoms with van der Waals surface area (Å²) < 4.78 is 0. The number of nitrogens with one attached hydrogen (secondary N) is 1. The average molecular weight is 239 g/mol. The third-order valence-electron chi connectivity index (χ3n) is 4.51. The maximum Gasteiger partial charge on any atom is 0.0114 e. The molecule has 0 bridgehead atoms. The van der Waals surface area contributed by atoms with E-state index in [0.717, 1.165) is 12.0 Å². The third kappa shape index (κ3) is 3.94. The van der Waals surface area contributed by atoms with Crippen LogP contribution in [-0.4, -0.2) is 62.2 Å². The van der Waals surface area contributed by atoms with Crippen molar-refractivity contribution in [1.29, 1.82) is 0 Å². The van der Waals surface area contributed by atoms with E-state index < -0.39 is 0 Å². The Bertz CT molecular complexity index is 214. The summed E-state index contributed by atoms with van der Waals surface area (Å²) in [7, 11) is 2.10. The fourth-order valence-corrected chi connectivity index (χ4v) is 3.39. The maximum absolute atomic E-state index is 3.44. The second kappa shape index (κ2) is 6.72. The first-order valence-corrected chi connectivity index (χ1v) is 7.41. The van der Waals surface area contributed by atoms with Crippen molar-refractivity contribution in [2.24, 2.45) is 5.92 Å². The first-order valence-electron chi connectivity index (χ1n) is 7.41. The van der Waals surface area contributed by atoms with E-state index in [1.165, 1.54) is 65.0 Å². The summed E-state index contributed by atoms with van der Waals surface area (Å²) in [5.74, 6) is 0.806. The van der Waals surface area contributed by atoms with Gasteiger partial charge in [0.05, 0.1) is 0 Å². The Labute approximate surface area is 107 Å². The van der Waals surface area contributed by atoms with E-state index in [1.807, 2.05) is 0 Å². The van der Waals surface area contributed by atoms with Crippen LogP contribution in [0.5, 0.6) is 0 Å². The smallest absolute Gasteiger partial charge is 0.0114 e. The standard InChI is InChI=1S/C14H29N3/c1-13-12-17(11-6-14(13)15-2)10-5-9-16-7-3-4-8-16/h13-15H,3-12H2,1-2H3. The fraction of sp³-hybridized carbons (Fsp3) is 1.00. The molecule has 1 N–H and O–H groups in total. The van der Waals surface area contributed by atoms with Gasteiger partial charge in [0.15, 0.2) is 0 Å². The molecule has 0 saturated carbocycles. The van der Waals surface area contributed by atoms with Gasteiger partial charge in [-0.15, -0.1) is 0 Å². The van der Waals surface area contributed by atoms with Gasteiger partial charge in [-0.1, -0.05) is 6.92 Å². The molecule has 0 aromatic carbocycles. The lowest BCUT2D eigenvalue weighted by atomic mass is 9.94. The first-order chi connectivity index (χ1) is 8.29. The number of nitrogens with zero attached hydrogens (tertiary/aromatic N) is 2. The number of likely N-dealkylation sites (tertiary alicyclic amines) is 2. The van der Waals surface area contributed by atoms with E-state index in [2.05, 4.69) is 29.1 Å². The van der Waals surface area contributed by atoms with Crippen LogP contribution >= 0.6 is 0 Å². The molecule has 2 aliphatic rings. The molecule has 2 fully saturated rings. The van der Waals surface area contributed by atoms with Gasteiger partial charge < -0.3 is 15.1 Å². The highest BCUT2D eigenvalue weighted by atomic mass is 15.2. The summed E-state index contributed by atoms with van der Waals surface area (Å²) in [6.45, 7) is 10.3. The van der Waals surface area contributed by atoms with Gasteiger partial charge in [0.1, 0.15) is 0 Å². The normalized spacial score (nSPS) is 32.1. The molecule has 0 aromatic rings. The zero-order valence-electron chi connectivity index (χ0n) is 11.6. The number of rotatable bonds is 5. The Morgan fingerprint density at radius 3 is 2.41 bits per heavy atom. The van der Waals surface area contributed by atoms with Crippen LogP contribution in [-0.2, 0) is 0 Å². The molecule has 2 saturated heterocycles. The zero-order valence-corrected chi connectivity index (χ0v) is 11.6. The highest BCUT2D eigenvalue weighted by Gasteiger charge is 2.24. The minimum Gasteiger partial charge on any atom is -0.317 e. The Morgan fingerprint density at radius 2 is 1.76 bits per heavy atom. The lowest BCUT2D eigenvalue weighted by Gasteiger charge is -2.37. The highest BCUT2D eigenvalue weighted by Crippen LogP contribution is 2.16. The van der Waals surface area contributed by atoms with Crippen molar-refractivity contribution in [2.45, 2.75) is 38.6 Å². The van der Waals surface area contributed by atoms with Gasteiger partial charge in [0.25, 0.3) is 0 Å². The van der Waals surface area contributed by atoms with E-state index in [0.29, 0.717) is 0 Å². The minimum atomic E-state index is 0.741. The lowest BCUT2D eigenvalue weighted by molar-refractivity contribution is 0.145. The van der Waals surface area contributed by atoms with Crippen molar-refractivity contribution in [1.82, 2.24) is 15.1 Å². The van der Waals surface area contributed by atoms with Crippen molar-refractivity contribution >= 4 is 0 Å². The van der Waals surface area contributed by atoms with E-state index in [4.69, 9.17) is 0 Å². The molecule has 2 unspecified atom stereocenters. The molecule has 0 spiro atoms. The van der Waals surface area contributed by atoms with Crippen LogP contribution in [0.15, 0.2) is 0 Å². The molecular formula is C14H29N3. The predicted octanol–water partition coefficient (Wildman–Crippen LogP) is 1.40. The lowest BCUT2D eigenvalue weighted by Crippen LogP contribution is -2.47. The second-order valence-corrected chi connectivity index (χ2v) is 5.86. The van der Waals surface area contributed by atoms with Gasteiger partial charge in [-0.3, -0.25) is 0 Å². The third-order valence-corrected chi connectivity index (χ3v) is 4.51. The van der Waals surface area contributed by atoms with Gasteiger partial charge in [0.2, 0.25) is 0 Å². The molecule has 17 heavy (non-hydrogen) atoms. The van der Waals surface area contributed by atoms with E-state index in [1.54, 1.807) is 0 Å². The summed E-state index contributed by atoms with van der Waals surface area (Å²) in [6.07, 6.45) is 5.52. The first kappa shape index (κ1) is 13.3. The average Bonchev–Trinajstić information content (AvgIpc) is 2.82. The van der Waals surface area contributed by atoms with Crippen LogP contribution < -0.4 is 5.32 Å². The van der Waals surface area contributed by atoms with Crippen LogP contribution in [0.1, 0.15) is 32.6 Å². The summed E-state index contributed by atoms with van der Waals surface area (Å²) in [5, 5.41) is 3.44. The van der Waals surface area contributed by atoms with Crippen LogP contribution in [0, 0.1) is 5.92 Å². The van der Waals surface area contributed by atoms with Crippen LogP contribution in [0.4, 0.5) is 0 Å². The van der Waals surface area contributed by atoms with Crippen molar-refractivity contribution in [3.05, 3.63) is 0 Å². The van der Waals surface area contributed by atoms with E-state index in [-0.39, 0.29) is 0 Å². The SMILES string of the molecule is CNC1CCN(CCCN2CCCC2)CC1C. The molecule has 0 radical (unpaired) electrons. The Morgan fingerprint density at radius 1 is 1.06 bits per heavy atom. The summed E-state index contributed by atoms with van der Waals surface area (Å²) in [5.41, 5.74) is 0. The van der Waals surface area contributed by atoms with Gasteiger partial charge in [-0.25, -0.2) is 0 Å². The van der Waals surface area contributed by atoms with Crippen LogP contribution in [0.3, 0.4) is 0 Å². The van der Waals surface area contributed by atoms with Gasteiger partial charge >= 0.3 is 0 Å². The monoisotopic (exact) mass is 239 g/mol. The van der Waals surface area contributed by atoms with Gasteiger partial charge in [-0.2, -0.15) is 0 Å². The highest BCUT2D eigenvalue weighted by molar-refractivity contribution is 4.81. The molecule has 2 aliphatic heterocycles. The van der Waals surface area contributed by atoms with Crippen LogP contribution in [0.2, 0.25) is 0 Å². The largest absolute Gasteiger partial charge is 0.317 e. The van der Waals surface area contributed by atoms with Crippen molar-refractivity contribution in [2.75, 3.05) is 46.3 Å². The molecule has 2 rings (SSSR count). The number of piperidine rings is 1. The van der Waals surface area contributed by atoms with Gasteiger partial charge in [-0.05, 0) is 71.4 Å². The quantitative estimate of drug-likeness (QED) is 0.782. The summed E-state index contributed by atoms with van der Waals surface area (Å²) >= 11 is 0. The van der Waals surface area contributed by atoms with Crippen LogP contribution in [0.25, 0.3) is 0 Å². The number of hydrogen-bond donors (Lipinski definition) is 1. The van der Waals surface area contributed by atoms with Crippen molar-refractivity contribution in [3.8, 4) is 0 Å². The molecule has 2 atom stereocenters. The predicted molar refractivity (Wildman–Crippen MR) is 73.4 cm³/mol. The van der Waals surface area contributed by atoms with Crippen molar-refractivity contribution in [3.63, 3.8) is 0 Å². The topological polar surface area (TPSA) is 18.5 Å². The fourth-order valence-electron chi connectivity index (χ4n) is 3.39. The summed E-state index contributed by atoms with van der Waals surface area (Å²) in [4.78, 5) is 5.29. The molecule has 100 valence electrons. The Balaban J connectivity index is 1.60. The molecule has 2 heterocycles. The van der Waals surface area contributed by atoms with Crippen molar-refractivity contribution < 1.29 is 0 Å². The molecule has 3 nitrogen and oxygen atoms in total.